The fourth-order valence-corrected chi connectivity index (χ4v) is 1.65. The van der Waals surface area contributed by atoms with Crippen molar-refractivity contribution in [3.63, 3.8) is 0 Å². The molecule has 0 bridgehead atoms. The predicted molar refractivity (Wildman–Crippen MR) is 74.4 cm³/mol. The van der Waals surface area contributed by atoms with Crippen LogP contribution in [0.1, 0.15) is 15.9 Å². The van der Waals surface area contributed by atoms with Crippen molar-refractivity contribution in [2.45, 2.75) is 6.54 Å². The second-order valence-electron chi connectivity index (χ2n) is 4.10. The average Bonchev–Trinajstić information content (AvgIpc) is 2.47. The molecular formula is C14H20N2O4. The molecule has 1 aromatic carbocycles. The molecule has 2 N–H and O–H groups in total. The minimum atomic E-state index is -0.382. The molecule has 0 radical (unpaired) electrons. The molecule has 1 amide bonds. The molecular weight excluding hydrogens is 260 g/mol. The molecule has 0 aliphatic rings. The van der Waals surface area contributed by atoms with Crippen LogP contribution in [0.3, 0.4) is 0 Å². The normalized spacial score (nSPS) is 10.1. The Morgan fingerprint density at radius 3 is 2.65 bits per heavy atom. The van der Waals surface area contributed by atoms with Crippen molar-refractivity contribution in [3.8, 4) is 0 Å². The summed E-state index contributed by atoms with van der Waals surface area (Å²) in [6.07, 6.45) is 0. The van der Waals surface area contributed by atoms with E-state index in [0.717, 1.165) is 5.56 Å². The number of methoxy groups -OCH3 is 2. The maximum Gasteiger partial charge on any atom is 0.338 e. The molecule has 0 aromatic heterocycles. The van der Waals surface area contributed by atoms with E-state index in [4.69, 9.17) is 9.47 Å². The maximum atomic E-state index is 11.6. The minimum Gasteiger partial charge on any atom is -0.465 e. The van der Waals surface area contributed by atoms with Gasteiger partial charge in [0.25, 0.3) is 0 Å². The Kier molecular flexibility index (Phi) is 7.31. The largest absolute Gasteiger partial charge is 0.465 e. The van der Waals surface area contributed by atoms with Gasteiger partial charge in [0, 0.05) is 20.2 Å². The molecule has 0 saturated heterocycles. The van der Waals surface area contributed by atoms with Gasteiger partial charge in [-0.1, -0.05) is 18.2 Å². The topological polar surface area (TPSA) is 76.7 Å². The van der Waals surface area contributed by atoms with Crippen LogP contribution in [0.2, 0.25) is 0 Å². The van der Waals surface area contributed by atoms with E-state index in [1.807, 2.05) is 12.1 Å². The van der Waals surface area contributed by atoms with Gasteiger partial charge < -0.3 is 20.1 Å². The van der Waals surface area contributed by atoms with Gasteiger partial charge in [0.15, 0.2) is 0 Å². The van der Waals surface area contributed by atoms with Crippen LogP contribution in [-0.4, -0.2) is 45.8 Å². The third kappa shape index (κ3) is 5.38. The van der Waals surface area contributed by atoms with Crippen molar-refractivity contribution in [3.05, 3.63) is 35.4 Å². The van der Waals surface area contributed by atoms with Crippen LogP contribution >= 0.6 is 0 Å². The number of hydrogen-bond donors (Lipinski definition) is 2. The summed E-state index contributed by atoms with van der Waals surface area (Å²) < 4.78 is 9.54. The van der Waals surface area contributed by atoms with E-state index in [2.05, 4.69) is 10.6 Å². The second-order valence-corrected chi connectivity index (χ2v) is 4.10. The molecule has 0 aliphatic heterocycles. The van der Waals surface area contributed by atoms with E-state index < -0.39 is 0 Å². The van der Waals surface area contributed by atoms with Gasteiger partial charge in [0.05, 0.1) is 25.8 Å². The quantitative estimate of drug-likeness (QED) is 0.530. The van der Waals surface area contributed by atoms with Gasteiger partial charge in [-0.05, 0) is 11.6 Å². The van der Waals surface area contributed by atoms with E-state index in [0.29, 0.717) is 25.3 Å². The number of carbonyl (C=O) groups is 2. The van der Waals surface area contributed by atoms with Crippen LogP contribution in [0.4, 0.5) is 0 Å². The van der Waals surface area contributed by atoms with Crippen LogP contribution in [0, 0.1) is 0 Å². The highest BCUT2D eigenvalue weighted by Crippen LogP contribution is 2.09. The zero-order chi connectivity index (χ0) is 14.8. The summed E-state index contributed by atoms with van der Waals surface area (Å²) in [5, 5.41) is 5.69. The Labute approximate surface area is 118 Å². The van der Waals surface area contributed by atoms with Crippen molar-refractivity contribution in [1.29, 1.82) is 0 Å². The summed E-state index contributed by atoms with van der Waals surface area (Å²) in [5.74, 6) is -0.496. The van der Waals surface area contributed by atoms with Gasteiger partial charge in [0.2, 0.25) is 5.91 Å². The van der Waals surface area contributed by atoms with Crippen molar-refractivity contribution in [2.75, 3.05) is 33.9 Å². The maximum absolute atomic E-state index is 11.6. The molecule has 1 aromatic rings. The first-order valence-corrected chi connectivity index (χ1v) is 6.31. The fourth-order valence-electron chi connectivity index (χ4n) is 1.65. The summed E-state index contributed by atoms with van der Waals surface area (Å²) in [6, 6.07) is 7.12. The van der Waals surface area contributed by atoms with E-state index in [9.17, 15) is 9.59 Å². The first-order chi connectivity index (χ1) is 9.69. The van der Waals surface area contributed by atoms with E-state index in [-0.39, 0.29) is 18.4 Å². The van der Waals surface area contributed by atoms with Gasteiger partial charge in [-0.15, -0.1) is 0 Å². The third-order valence-corrected chi connectivity index (χ3v) is 2.65. The molecule has 0 unspecified atom stereocenters. The van der Waals surface area contributed by atoms with Gasteiger partial charge in [-0.25, -0.2) is 4.79 Å². The Morgan fingerprint density at radius 1 is 1.20 bits per heavy atom. The lowest BCUT2D eigenvalue weighted by Gasteiger charge is -2.09. The lowest BCUT2D eigenvalue weighted by atomic mass is 10.1. The summed E-state index contributed by atoms with van der Waals surface area (Å²) in [5.41, 5.74) is 1.30. The highest BCUT2D eigenvalue weighted by atomic mass is 16.5. The van der Waals surface area contributed by atoms with Crippen LogP contribution in [0.5, 0.6) is 0 Å². The number of benzene rings is 1. The van der Waals surface area contributed by atoms with Crippen molar-refractivity contribution in [1.82, 2.24) is 10.6 Å². The van der Waals surface area contributed by atoms with E-state index in [1.165, 1.54) is 7.11 Å². The number of carbonyl (C=O) groups excluding carboxylic acids is 2. The molecule has 0 saturated carbocycles. The third-order valence-electron chi connectivity index (χ3n) is 2.65. The van der Waals surface area contributed by atoms with Crippen LogP contribution < -0.4 is 10.6 Å². The zero-order valence-electron chi connectivity index (χ0n) is 11.8. The molecule has 0 fully saturated rings. The molecule has 1 rings (SSSR count). The predicted octanol–water partition coefficient (Wildman–Crippen LogP) is 0.325. The first kappa shape index (κ1) is 16.1. The lowest BCUT2D eigenvalue weighted by molar-refractivity contribution is -0.120. The highest BCUT2D eigenvalue weighted by molar-refractivity contribution is 5.91. The number of esters is 1. The summed E-state index contributed by atoms with van der Waals surface area (Å²) in [7, 11) is 2.92. The Morgan fingerprint density at radius 2 is 1.95 bits per heavy atom. The van der Waals surface area contributed by atoms with Crippen LogP contribution in [0.25, 0.3) is 0 Å². The standard InChI is InChI=1S/C14H20N2O4/c1-19-8-7-16-13(17)10-15-9-11-5-3-4-6-12(11)14(18)20-2/h3-6,15H,7-10H2,1-2H3,(H,16,17). The van der Waals surface area contributed by atoms with Crippen molar-refractivity contribution in [2.24, 2.45) is 0 Å². The van der Waals surface area contributed by atoms with Gasteiger partial charge in [0.1, 0.15) is 0 Å². The molecule has 20 heavy (non-hydrogen) atoms. The van der Waals surface area contributed by atoms with Gasteiger partial charge >= 0.3 is 5.97 Å². The molecule has 0 heterocycles. The summed E-state index contributed by atoms with van der Waals surface area (Å²) in [6.45, 7) is 1.56. The van der Waals surface area contributed by atoms with Gasteiger partial charge in [-0.2, -0.15) is 0 Å². The van der Waals surface area contributed by atoms with Crippen LogP contribution in [0.15, 0.2) is 24.3 Å². The van der Waals surface area contributed by atoms with E-state index in [1.54, 1.807) is 19.2 Å². The zero-order valence-corrected chi connectivity index (χ0v) is 11.8. The Bertz CT molecular complexity index is 449. The molecule has 6 heteroatoms. The smallest absolute Gasteiger partial charge is 0.338 e. The fraction of sp³-hybridized carbons (Fsp3) is 0.429. The van der Waals surface area contributed by atoms with E-state index >= 15 is 0 Å². The lowest BCUT2D eigenvalue weighted by Crippen LogP contribution is -2.35. The second kappa shape index (κ2) is 9.06. The average molecular weight is 280 g/mol. The molecule has 0 aliphatic carbocycles. The highest BCUT2D eigenvalue weighted by Gasteiger charge is 2.10. The molecule has 0 atom stereocenters. The first-order valence-electron chi connectivity index (χ1n) is 6.31. The number of ether oxygens (including phenoxy) is 2. The molecule has 0 spiro atoms. The minimum absolute atomic E-state index is 0.113. The summed E-state index contributed by atoms with van der Waals surface area (Å²) >= 11 is 0. The number of amides is 1. The number of hydrogen-bond acceptors (Lipinski definition) is 5. The molecule has 110 valence electrons. The SMILES string of the molecule is COCCNC(=O)CNCc1ccccc1C(=O)OC. The Hall–Kier alpha value is -1.92. The number of nitrogens with one attached hydrogen (secondary N) is 2. The van der Waals surface area contributed by atoms with Crippen molar-refractivity contribution >= 4 is 11.9 Å². The van der Waals surface area contributed by atoms with Gasteiger partial charge in [-0.3, -0.25) is 4.79 Å². The summed E-state index contributed by atoms with van der Waals surface area (Å²) in [4.78, 5) is 23.0. The van der Waals surface area contributed by atoms with Crippen molar-refractivity contribution < 1.29 is 19.1 Å². The molecule has 6 nitrogen and oxygen atoms in total. The Balaban J connectivity index is 2.42. The monoisotopic (exact) mass is 280 g/mol. The van der Waals surface area contributed by atoms with Crippen LogP contribution in [-0.2, 0) is 20.8 Å². The number of rotatable bonds is 8.